The zero-order valence-electron chi connectivity index (χ0n) is 10.6. The number of rotatable bonds is 2. The highest BCUT2D eigenvalue weighted by atomic mass is 32.2. The van der Waals surface area contributed by atoms with Gasteiger partial charge in [0.25, 0.3) is 5.91 Å². The molecule has 1 saturated heterocycles. The number of anilines is 1. The van der Waals surface area contributed by atoms with Gasteiger partial charge in [-0.2, -0.15) is 0 Å². The second-order valence-corrected chi connectivity index (χ2v) is 6.70. The third-order valence-corrected chi connectivity index (χ3v) is 4.73. The molecule has 7 heteroatoms. The Kier molecular flexibility index (Phi) is 3.66. The molecule has 1 aliphatic heterocycles. The first-order chi connectivity index (χ1) is 8.93. The lowest BCUT2D eigenvalue weighted by Crippen LogP contribution is -2.43. The molecular formula is C12H16N2O4S. The van der Waals surface area contributed by atoms with E-state index in [-0.39, 0.29) is 30.5 Å². The van der Waals surface area contributed by atoms with Crippen molar-refractivity contribution in [1.29, 1.82) is 0 Å². The Morgan fingerprint density at radius 2 is 1.95 bits per heavy atom. The van der Waals surface area contributed by atoms with Crippen molar-refractivity contribution in [2.75, 3.05) is 37.4 Å². The lowest BCUT2D eigenvalue weighted by atomic mass is 10.1. The quantitative estimate of drug-likeness (QED) is 0.781. The van der Waals surface area contributed by atoms with E-state index in [4.69, 9.17) is 10.5 Å². The lowest BCUT2D eigenvalue weighted by molar-refractivity contribution is 0.0771. The maximum absolute atomic E-state index is 12.2. The average Bonchev–Trinajstić information content (AvgIpc) is 2.37. The molecule has 1 aromatic rings. The van der Waals surface area contributed by atoms with Crippen LogP contribution < -0.4 is 10.5 Å². The van der Waals surface area contributed by atoms with Gasteiger partial charge in [-0.05, 0) is 12.1 Å². The van der Waals surface area contributed by atoms with Gasteiger partial charge in [-0.1, -0.05) is 0 Å². The smallest absolute Gasteiger partial charge is 0.256 e. The van der Waals surface area contributed by atoms with Crippen LogP contribution in [0.25, 0.3) is 0 Å². The normalized spacial score (nSPS) is 18.1. The van der Waals surface area contributed by atoms with Crippen LogP contribution in [0.5, 0.6) is 5.75 Å². The zero-order valence-corrected chi connectivity index (χ0v) is 11.4. The van der Waals surface area contributed by atoms with Crippen LogP contribution in [-0.2, 0) is 9.84 Å². The van der Waals surface area contributed by atoms with Crippen molar-refractivity contribution in [1.82, 2.24) is 4.90 Å². The van der Waals surface area contributed by atoms with Crippen LogP contribution in [-0.4, -0.2) is 50.9 Å². The average molecular weight is 284 g/mol. The molecule has 1 heterocycles. The summed E-state index contributed by atoms with van der Waals surface area (Å²) in [5.41, 5.74) is 6.52. The summed E-state index contributed by atoms with van der Waals surface area (Å²) in [6, 6.07) is 4.83. The number of nitrogen functional groups attached to an aromatic ring is 1. The summed E-state index contributed by atoms with van der Waals surface area (Å²) in [6.07, 6.45) is 0. The standard InChI is InChI=1S/C12H16N2O4S/c1-18-9-2-3-10(11(13)8-9)12(15)14-4-6-19(16,17)7-5-14/h2-3,8H,4-7,13H2,1H3. The molecule has 1 aliphatic rings. The van der Waals surface area contributed by atoms with Crippen molar-refractivity contribution in [3.05, 3.63) is 23.8 Å². The maximum atomic E-state index is 12.2. The Hall–Kier alpha value is -1.76. The van der Waals surface area contributed by atoms with Gasteiger partial charge in [0.15, 0.2) is 9.84 Å². The van der Waals surface area contributed by atoms with Crippen LogP contribution in [0.15, 0.2) is 18.2 Å². The predicted molar refractivity (Wildman–Crippen MR) is 72.0 cm³/mol. The van der Waals surface area contributed by atoms with E-state index in [1.54, 1.807) is 18.2 Å². The van der Waals surface area contributed by atoms with Gasteiger partial charge in [0.1, 0.15) is 5.75 Å². The minimum Gasteiger partial charge on any atom is -0.497 e. The van der Waals surface area contributed by atoms with E-state index in [9.17, 15) is 13.2 Å². The number of hydrogen-bond acceptors (Lipinski definition) is 5. The first-order valence-electron chi connectivity index (χ1n) is 5.86. The summed E-state index contributed by atoms with van der Waals surface area (Å²) in [7, 11) is -1.48. The Balaban J connectivity index is 2.16. The largest absolute Gasteiger partial charge is 0.497 e. The van der Waals surface area contributed by atoms with Gasteiger partial charge in [0.2, 0.25) is 0 Å². The van der Waals surface area contributed by atoms with Crippen molar-refractivity contribution in [3.63, 3.8) is 0 Å². The number of amides is 1. The number of sulfone groups is 1. The van der Waals surface area contributed by atoms with Crippen LogP contribution in [0, 0.1) is 0 Å². The molecular weight excluding hydrogens is 268 g/mol. The highest BCUT2D eigenvalue weighted by Crippen LogP contribution is 2.21. The number of carbonyl (C=O) groups is 1. The predicted octanol–water partition coefficient (Wildman–Crippen LogP) is 0.148. The zero-order chi connectivity index (χ0) is 14.0. The highest BCUT2D eigenvalue weighted by Gasteiger charge is 2.26. The van der Waals surface area contributed by atoms with Crippen molar-refractivity contribution < 1.29 is 17.9 Å². The molecule has 2 N–H and O–H groups in total. The molecule has 0 saturated carbocycles. The lowest BCUT2D eigenvalue weighted by Gasteiger charge is -2.27. The first kappa shape index (κ1) is 13.7. The van der Waals surface area contributed by atoms with Crippen LogP contribution in [0.3, 0.4) is 0 Å². The van der Waals surface area contributed by atoms with E-state index in [1.807, 2.05) is 0 Å². The van der Waals surface area contributed by atoms with E-state index in [1.165, 1.54) is 12.0 Å². The number of nitrogens with zero attached hydrogens (tertiary/aromatic N) is 1. The van der Waals surface area contributed by atoms with E-state index in [0.717, 1.165) is 0 Å². The molecule has 0 bridgehead atoms. The molecule has 1 amide bonds. The van der Waals surface area contributed by atoms with Gasteiger partial charge in [-0.3, -0.25) is 4.79 Å². The van der Waals surface area contributed by atoms with Gasteiger partial charge in [-0.25, -0.2) is 8.42 Å². The summed E-state index contributed by atoms with van der Waals surface area (Å²) < 4.78 is 27.7. The molecule has 0 radical (unpaired) electrons. The molecule has 6 nitrogen and oxygen atoms in total. The Morgan fingerprint density at radius 3 is 2.47 bits per heavy atom. The number of hydrogen-bond donors (Lipinski definition) is 1. The van der Waals surface area contributed by atoms with Crippen LogP contribution in [0.1, 0.15) is 10.4 Å². The topological polar surface area (TPSA) is 89.7 Å². The molecule has 0 spiro atoms. The number of benzene rings is 1. The molecule has 19 heavy (non-hydrogen) atoms. The van der Waals surface area contributed by atoms with Crippen molar-refractivity contribution in [2.45, 2.75) is 0 Å². The molecule has 0 aliphatic carbocycles. The van der Waals surface area contributed by atoms with Gasteiger partial charge in [0.05, 0.1) is 24.2 Å². The van der Waals surface area contributed by atoms with Gasteiger partial charge >= 0.3 is 0 Å². The number of nitrogens with two attached hydrogens (primary N) is 1. The van der Waals surface area contributed by atoms with Gasteiger partial charge in [0, 0.05) is 24.8 Å². The van der Waals surface area contributed by atoms with Crippen LogP contribution >= 0.6 is 0 Å². The number of methoxy groups -OCH3 is 1. The molecule has 1 fully saturated rings. The number of carbonyl (C=O) groups excluding carboxylic acids is 1. The van der Waals surface area contributed by atoms with Crippen molar-refractivity contribution in [2.24, 2.45) is 0 Å². The minimum atomic E-state index is -3.00. The molecule has 2 rings (SSSR count). The minimum absolute atomic E-state index is 0.00873. The molecule has 0 aromatic heterocycles. The summed E-state index contributed by atoms with van der Waals surface area (Å²) >= 11 is 0. The summed E-state index contributed by atoms with van der Waals surface area (Å²) in [4.78, 5) is 13.8. The monoisotopic (exact) mass is 284 g/mol. The fourth-order valence-corrected chi connectivity index (χ4v) is 3.15. The third kappa shape index (κ3) is 2.98. The van der Waals surface area contributed by atoms with Crippen LogP contribution in [0.4, 0.5) is 5.69 Å². The highest BCUT2D eigenvalue weighted by molar-refractivity contribution is 7.91. The van der Waals surface area contributed by atoms with E-state index in [2.05, 4.69) is 0 Å². The fraction of sp³-hybridized carbons (Fsp3) is 0.417. The first-order valence-corrected chi connectivity index (χ1v) is 7.68. The molecule has 0 unspecified atom stereocenters. The van der Waals surface area contributed by atoms with Crippen LogP contribution in [0.2, 0.25) is 0 Å². The van der Waals surface area contributed by atoms with E-state index >= 15 is 0 Å². The van der Waals surface area contributed by atoms with E-state index < -0.39 is 9.84 Å². The van der Waals surface area contributed by atoms with E-state index in [0.29, 0.717) is 17.0 Å². The Labute approximate surface area is 112 Å². The number of ether oxygens (including phenoxy) is 1. The maximum Gasteiger partial charge on any atom is 0.256 e. The third-order valence-electron chi connectivity index (χ3n) is 3.12. The van der Waals surface area contributed by atoms with Gasteiger partial charge in [-0.15, -0.1) is 0 Å². The molecule has 0 atom stereocenters. The fourth-order valence-electron chi connectivity index (χ4n) is 1.95. The second-order valence-electron chi connectivity index (χ2n) is 4.40. The van der Waals surface area contributed by atoms with Gasteiger partial charge < -0.3 is 15.4 Å². The molecule has 1 aromatic carbocycles. The SMILES string of the molecule is COc1ccc(C(=O)N2CCS(=O)(=O)CC2)c(N)c1. The summed E-state index contributed by atoms with van der Waals surface area (Å²) in [6.45, 7) is 0.430. The molecule has 104 valence electrons. The van der Waals surface area contributed by atoms with Crippen molar-refractivity contribution in [3.8, 4) is 5.75 Å². The Morgan fingerprint density at radius 1 is 1.32 bits per heavy atom. The summed E-state index contributed by atoms with van der Waals surface area (Å²) in [5.74, 6) is 0.356. The summed E-state index contributed by atoms with van der Waals surface area (Å²) in [5, 5.41) is 0. The Bertz CT molecular complexity index is 584. The second kappa shape index (κ2) is 5.08. The van der Waals surface area contributed by atoms with Crippen molar-refractivity contribution >= 4 is 21.4 Å².